The summed E-state index contributed by atoms with van der Waals surface area (Å²) in [5.41, 5.74) is 4.12. The van der Waals surface area contributed by atoms with Crippen LogP contribution < -0.4 is 10.6 Å². The molecule has 2 N–H and O–H groups in total. The summed E-state index contributed by atoms with van der Waals surface area (Å²) in [6.07, 6.45) is 4.79. The van der Waals surface area contributed by atoms with Gasteiger partial charge in [-0.05, 0) is 63.1 Å². The Morgan fingerprint density at radius 3 is 2.86 bits per heavy atom. The smallest absolute Gasteiger partial charge is 0.287 e. The predicted octanol–water partition coefficient (Wildman–Crippen LogP) is 3.00. The summed E-state index contributed by atoms with van der Waals surface area (Å²) in [7, 11) is 0. The lowest BCUT2D eigenvalue weighted by Crippen LogP contribution is -2.34. The Balaban J connectivity index is 1.56. The molecule has 3 heterocycles. The van der Waals surface area contributed by atoms with Crippen molar-refractivity contribution >= 4 is 17.5 Å². The molecule has 1 unspecified atom stereocenters. The minimum absolute atomic E-state index is 0.0711. The van der Waals surface area contributed by atoms with E-state index in [4.69, 9.17) is 4.74 Å². The molecule has 0 radical (unpaired) electrons. The monoisotopic (exact) mass is 396 g/mol. The zero-order valence-corrected chi connectivity index (χ0v) is 17.1. The molecule has 7 nitrogen and oxygen atoms in total. The first-order valence-corrected chi connectivity index (χ1v) is 10.4. The Kier molecular flexibility index (Phi) is 5.67. The second kappa shape index (κ2) is 8.37. The molecule has 29 heavy (non-hydrogen) atoms. The van der Waals surface area contributed by atoms with Crippen LogP contribution in [0.5, 0.6) is 0 Å². The molecule has 2 aromatic rings. The van der Waals surface area contributed by atoms with Crippen LogP contribution in [-0.2, 0) is 17.7 Å². The van der Waals surface area contributed by atoms with Crippen molar-refractivity contribution in [1.82, 2.24) is 14.9 Å². The van der Waals surface area contributed by atoms with Gasteiger partial charge in [-0.2, -0.15) is 0 Å². The number of amides is 2. The first-order chi connectivity index (χ1) is 14.0. The predicted molar refractivity (Wildman–Crippen MR) is 110 cm³/mol. The normalized spacial score (nSPS) is 18.3. The summed E-state index contributed by atoms with van der Waals surface area (Å²) in [6, 6.07) is 5.82. The van der Waals surface area contributed by atoms with Crippen LogP contribution >= 0.6 is 0 Å². The van der Waals surface area contributed by atoms with Crippen molar-refractivity contribution in [2.75, 3.05) is 18.5 Å². The van der Waals surface area contributed by atoms with E-state index in [0.29, 0.717) is 24.6 Å². The molecule has 4 rings (SSSR count). The van der Waals surface area contributed by atoms with E-state index in [0.717, 1.165) is 61.2 Å². The highest BCUT2D eigenvalue weighted by molar-refractivity contribution is 6.05. The van der Waals surface area contributed by atoms with E-state index in [-0.39, 0.29) is 17.9 Å². The summed E-state index contributed by atoms with van der Waals surface area (Å²) in [5.74, 6) is -0.180. The number of nitrogens with zero attached hydrogens (tertiary/aromatic N) is 2. The number of fused-ring (bicyclic) bond motifs is 1. The number of aromatic nitrogens is 2. The van der Waals surface area contributed by atoms with Gasteiger partial charge in [0.05, 0.1) is 11.8 Å². The van der Waals surface area contributed by atoms with Gasteiger partial charge in [0.2, 0.25) is 0 Å². The van der Waals surface area contributed by atoms with Crippen molar-refractivity contribution in [1.29, 1.82) is 0 Å². The Bertz CT molecular complexity index is 928. The van der Waals surface area contributed by atoms with Gasteiger partial charge in [-0.15, -0.1) is 0 Å². The van der Waals surface area contributed by atoms with Crippen molar-refractivity contribution in [3.05, 3.63) is 46.5 Å². The molecule has 2 aliphatic rings. The SMILES string of the molecule is Cc1cccc(NC(=O)c2nc(C(=O)NCC3CCCO3)n3c2CCCC3)c1C. The maximum Gasteiger partial charge on any atom is 0.287 e. The minimum atomic E-state index is -0.262. The standard InChI is InChI=1S/C22H28N4O3/c1-14-7-5-9-17(15(14)2)24-21(27)19-18-10-3-4-11-26(18)20(25-19)22(28)23-13-16-8-6-12-29-16/h5,7,9,16H,3-4,6,8,10-13H2,1-2H3,(H,23,28)(H,24,27). The molecule has 0 saturated carbocycles. The number of anilines is 1. The molecule has 7 heteroatoms. The van der Waals surface area contributed by atoms with Gasteiger partial charge >= 0.3 is 0 Å². The number of carbonyl (C=O) groups excluding carboxylic acids is 2. The van der Waals surface area contributed by atoms with Gasteiger partial charge in [0.15, 0.2) is 11.5 Å². The lowest BCUT2D eigenvalue weighted by atomic mass is 10.1. The van der Waals surface area contributed by atoms with Crippen LogP contribution in [0.3, 0.4) is 0 Å². The molecule has 1 atom stereocenters. The van der Waals surface area contributed by atoms with Gasteiger partial charge in [0.1, 0.15) is 0 Å². The van der Waals surface area contributed by atoms with Crippen molar-refractivity contribution in [3.63, 3.8) is 0 Å². The third-order valence-corrected chi connectivity index (χ3v) is 5.90. The molecule has 1 saturated heterocycles. The summed E-state index contributed by atoms with van der Waals surface area (Å²) < 4.78 is 7.49. The molecular formula is C22H28N4O3. The van der Waals surface area contributed by atoms with E-state index in [2.05, 4.69) is 15.6 Å². The average molecular weight is 396 g/mol. The number of nitrogens with one attached hydrogen (secondary N) is 2. The number of rotatable bonds is 5. The van der Waals surface area contributed by atoms with Crippen LogP contribution in [0.15, 0.2) is 18.2 Å². The summed E-state index contributed by atoms with van der Waals surface area (Å²) in [6.45, 7) is 5.94. The zero-order valence-electron chi connectivity index (χ0n) is 17.1. The van der Waals surface area contributed by atoms with Crippen molar-refractivity contribution in [3.8, 4) is 0 Å². The highest BCUT2D eigenvalue weighted by atomic mass is 16.5. The average Bonchev–Trinajstić information content (AvgIpc) is 3.37. The van der Waals surface area contributed by atoms with Gasteiger partial charge in [0, 0.05) is 25.4 Å². The highest BCUT2D eigenvalue weighted by Crippen LogP contribution is 2.24. The highest BCUT2D eigenvalue weighted by Gasteiger charge is 2.28. The molecule has 2 amide bonds. The number of aryl methyl sites for hydroxylation is 1. The summed E-state index contributed by atoms with van der Waals surface area (Å²) in [4.78, 5) is 30.3. The van der Waals surface area contributed by atoms with Crippen LogP contribution in [0.2, 0.25) is 0 Å². The number of hydrogen-bond donors (Lipinski definition) is 2. The largest absolute Gasteiger partial charge is 0.376 e. The Hall–Kier alpha value is -2.67. The third-order valence-electron chi connectivity index (χ3n) is 5.90. The Labute approximate surface area is 170 Å². The molecule has 0 spiro atoms. The molecule has 1 fully saturated rings. The Morgan fingerprint density at radius 1 is 1.21 bits per heavy atom. The lowest BCUT2D eigenvalue weighted by molar-refractivity contribution is 0.0845. The molecule has 1 aromatic carbocycles. The van der Waals surface area contributed by atoms with Crippen molar-refractivity contribution < 1.29 is 14.3 Å². The number of hydrogen-bond acceptors (Lipinski definition) is 4. The van der Waals surface area contributed by atoms with E-state index < -0.39 is 0 Å². The third kappa shape index (κ3) is 4.05. The molecule has 154 valence electrons. The first kappa shape index (κ1) is 19.6. The molecule has 1 aromatic heterocycles. The van der Waals surface area contributed by atoms with Gasteiger partial charge in [-0.3, -0.25) is 9.59 Å². The van der Waals surface area contributed by atoms with Gasteiger partial charge in [-0.25, -0.2) is 4.98 Å². The molecule has 0 bridgehead atoms. The zero-order chi connectivity index (χ0) is 20.4. The van der Waals surface area contributed by atoms with E-state index >= 15 is 0 Å². The topological polar surface area (TPSA) is 85.2 Å². The number of imidazole rings is 1. The minimum Gasteiger partial charge on any atom is -0.376 e. The van der Waals surface area contributed by atoms with Crippen LogP contribution in [0.25, 0.3) is 0 Å². The van der Waals surface area contributed by atoms with E-state index in [1.54, 1.807) is 0 Å². The Morgan fingerprint density at radius 2 is 2.07 bits per heavy atom. The van der Waals surface area contributed by atoms with Gasteiger partial charge in [-0.1, -0.05) is 12.1 Å². The van der Waals surface area contributed by atoms with Gasteiger partial charge < -0.3 is 19.9 Å². The summed E-state index contributed by atoms with van der Waals surface area (Å²) >= 11 is 0. The maximum absolute atomic E-state index is 13.0. The van der Waals surface area contributed by atoms with Crippen molar-refractivity contribution in [2.45, 2.75) is 58.6 Å². The second-order valence-electron chi connectivity index (χ2n) is 7.89. The fraction of sp³-hybridized carbons (Fsp3) is 0.500. The summed E-state index contributed by atoms with van der Waals surface area (Å²) in [5, 5.41) is 5.91. The fourth-order valence-corrected chi connectivity index (χ4v) is 4.06. The second-order valence-corrected chi connectivity index (χ2v) is 7.89. The van der Waals surface area contributed by atoms with Crippen molar-refractivity contribution in [2.24, 2.45) is 0 Å². The number of ether oxygens (including phenoxy) is 1. The van der Waals surface area contributed by atoms with E-state index in [1.165, 1.54) is 0 Å². The molecular weight excluding hydrogens is 368 g/mol. The van der Waals surface area contributed by atoms with Crippen LogP contribution in [-0.4, -0.2) is 40.6 Å². The maximum atomic E-state index is 13.0. The molecule has 0 aliphatic carbocycles. The first-order valence-electron chi connectivity index (χ1n) is 10.4. The quantitative estimate of drug-likeness (QED) is 0.814. The van der Waals surface area contributed by atoms with Crippen LogP contribution in [0.4, 0.5) is 5.69 Å². The molecule has 2 aliphatic heterocycles. The van der Waals surface area contributed by atoms with E-state index in [1.807, 2.05) is 36.6 Å². The van der Waals surface area contributed by atoms with Crippen LogP contribution in [0, 0.1) is 13.8 Å². The fourth-order valence-electron chi connectivity index (χ4n) is 4.06. The van der Waals surface area contributed by atoms with E-state index in [9.17, 15) is 9.59 Å². The lowest BCUT2D eigenvalue weighted by Gasteiger charge is -2.17. The number of carbonyl (C=O) groups is 2. The van der Waals surface area contributed by atoms with Gasteiger partial charge in [0.25, 0.3) is 11.8 Å². The number of benzene rings is 1. The van der Waals surface area contributed by atoms with Crippen LogP contribution in [0.1, 0.15) is 63.6 Å².